The van der Waals surface area contributed by atoms with Crippen LogP contribution in [-0.2, 0) is 14.3 Å². The van der Waals surface area contributed by atoms with Crippen molar-refractivity contribution in [3.63, 3.8) is 0 Å². The van der Waals surface area contributed by atoms with Gasteiger partial charge in [-0.2, -0.15) is 0 Å². The number of esters is 1. The Morgan fingerprint density at radius 2 is 1.92 bits per heavy atom. The molecule has 26 heavy (non-hydrogen) atoms. The molecule has 1 N–H and O–H groups in total. The van der Waals surface area contributed by atoms with Crippen LogP contribution < -0.4 is 4.90 Å². The summed E-state index contributed by atoms with van der Waals surface area (Å²) in [5.74, 6) is 0.632. The molecular formula is C19H25N3O4. The monoisotopic (exact) mass is 359 g/mol. The Labute approximate surface area is 153 Å². The maximum Gasteiger partial charge on any atom is 0.312 e. The van der Waals surface area contributed by atoms with Crippen molar-refractivity contribution >= 4 is 11.8 Å². The van der Waals surface area contributed by atoms with E-state index in [-0.39, 0.29) is 35.8 Å². The lowest BCUT2D eigenvalue weighted by molar-refractivity contribution is -0.148. The summed E-state index contributed by atoms with van der Waals surface area (Å²) in [4.78, 5) is 21.0. The second-order valence-corrected chi connectivity index (χ2v) is 7.21. The SMILES string of the molecule is C=C(C1C2CCC(O2)C1C(=O)OC)N1CCN(c2ccc(O)cn2)CC1. The smallest absolute Gasteiger partial charge is 0.312 e. The number of rotatable bonds is 4. The van der Waals surface area contributed by atoms with E-state index in [4.69, 9.17) is 9.47 Å². The molecule has 1 aromatic rings. The first-order valence-corrected chi connectivity index (χ1v) is 9.15. The molecule has 3 aliphatic heterocycles. The van der Waals surface area contributed by atoms with Crippen LogP contribution in [0.5, 0.6) is 5.75 Å². The summed E-state index contributed by atoms with van der Waals surface area (Å²) in [6, 6.07) is 3.48. The van der Waals surface area contributed by atoms with Crippen LogP contribution in [0.3, 0.4) is 0 Å². The quantitative estimate of drug-likeness (QED) is 0.814. The van der Waals surface area contributed by atoms with Crippen molar-refractivity contribution in [1.82, 2.24) is 9.88 Å². The molecule has 7 heteroatoms. The molecule has 0 aliphatic carbocycles. The summed E-state index contributed by atoms with van der Waals surface area (Å²) in [7, 11) is 1.44. The molecule has 140 valence electrons. The van der Waals surface area contributed by atoms with E-state index in [1.54, 1.807) is 6.07 Å². The Kier molecular flexibility index (Phi) is 4.48. The predicted molar refractivity (Wildman–Crippen MR) is 95.7 cm³/mol. The lowest BCUT2D eigenvalue weighted by Gasteiger charge is -2.41. The van der Waals surface area contributed by atoms with Crippen molar-refractivity contribution in [2.45, 2.75) is 25.0 Å². The molecule has 4 rings (SSSR count). The summed E-state index contributed by atoms with van der Waals surface area (Å²) in [6.07, 6.45) is 3.42. The molecule has 4 atom stereocenters. The van der Waals surface area contributed by atoms with E-state index in [1.165, 1.54) is 13.3 Å². The van der Waals surface area contributed by atoms with Gasteiger partial charge in [-0.1, -0.05) is 6.58 Å². The number of aromatic hydroxyl groups is 1. The van der Waals surface area contributed by atoms with Crippen molar-refractivity contribution in [3.8, 4) is 5.75 Å². The zero-order valence-corrected chi connectivity index (χ0v) is 15.0. The minimum absolute atomic E-state index is 0.0135. The first-order valence-electron chi connectivity index (χ1n) is 9.15. The first kappa shape index (κ1) is 17.1. The van der Waals surface area contributed by atoms with Crippen molar-refractivity contribution in [2.75, 3.05) is 38.2 Å². The van der Waals surface area contributed by atoms with Gasteiger partial charge in [0, 0.05) is 37.8 Å². The highest BCUT2D eigenvalue weighted by molar-refractivity contribution is 5.74. The molecule has 7 nitrogen and oxygen atoms in total. The number of carbonyl (C=O) groups excluding carboxylic acids is 1. The van der Waals surface area contributed by atoms with Gasteiger partial charge in [-0.15, -0.1) is 0 Å². The zero-order chi connectivity index (χ0) is 18.3. The summed E-state index contributed by atoms with van der Waals surface area (Å²) >= 11 is 0. The average molecular weight is 359 g/mol. The van der Waals surface area contributed by atoms with Crippen LogP contribution in [0.15, 0.2) is 30.6 Å². The fourth-order valence-electron chi connectivity index (χ4n) is 4.54. The molecule has 2 bridgehead atoms. The van der Waals surface area contributed by atoms with E-state index in [2.05, 4.69) is 21.4 Å². The Balaban J connectivity index is 1.41. The van der Waals surface area contributed by atoms with E-state index < -0.39 is 0 Å². The third-order valence-corrected chi connectivity index (χ3v) is 5.87. The van der Waals surface area contributed by atoms with Crippen molar-refractivity contribution in [3.05, 3.63) is 30.6 Å². The normalized spacial score (nSPS) is 30.5. The van der Waals surface area contributed by atoms with Gasteiger partial charge in [0.15, 0.2) is 0 Å². The maximum atomic E-state index is 12.3. The molecule has 4 unspecified atom stereocenters. The van der Waals surface area contributed by atoms with E-state index in [9.17, 15) is 9.90 Å². The highest BCUT2D eigenvalue weighted by atomic mass is 16.5. The van der Waals surface area contributed by atoms with Gasteiger partial charge < -0.3 is 24.4 Å². The molecule has 0 amide bonds. The Bertz CT molecular complexity index is 685. The molecule has 0 saturated carbocycles. The topological polar surface area (TPSA) is 75.1 Å². The van der Waals surface area contributed by atoms with E-state index in [0.717, 1.165) is 50.5 Å². The van der Waals surface area contributed by atoms with Gasteiger partial charge in [0.25, 0.3) is 0 Å². The van der Waals surface area contributed by atoms with Gasteiger partial charge >= 0.3 is 5.97 Å². The number of carbonyl (C=O) groups is 1. The fourth-order valence-corrected chi connectivity index (χ4v) is 4.54. The minimum Gasteiger partial charge on any atom is -0.506 e. The highest BCUT2D eigenvalue weighted by Gasteiger charge is 2.54. The molecule has 4 heterocycles. The number of aromatic nitrogens is 1. The molecule has 0 aromatic carbocycles. The molecular weight excluding hydrogens is 334 g/mol. The number of methoxy groups -OCH3 is 1. The number of ether oxygens (including phenoxy) is 2. The molecule has 3 aliphatic rings. The van der Waals surface area contributed by atoms with Crippen LogP contribution in [0.1, 0.15) is 12.8 Å². The fraction of sp³-hybridized carbons (Fsp3) is 0.579. The molecule has 1 aromatic heterocycles. The maximum absolute atomic E-state index is 12.3. The Hall–Kier alpha value is -2.28. The third-order valence-electron chi connectivity index (χ3n) is 5.87. The number of hydrogen-bond donors (Lipinski definition) is 1. The number of piperazine rings is 1. The third kappa shape index (κ3) is 2.90. The van der Waals surface area contributed by atoms with E-state index in [1.807, 2.05) is 6.07 Å². The Morgan fingerprint density at radius 1 is 1.23 bits per heavy atom. The van der Waals surface area contributed by atoms with Crippen LogP contribution in [0, 0.1) is 11.8 Å². The van der Waals surface area contributed by atoms with Gasteiger partial charge in [-0.25, -0.2) is 4.98 Å². The highest BCUT2D eigenvalue weighted by Crippen LogP contribution is 2.47. The standard InChI is InChI=1S/C19H25N3O4/c1-12(17-14-4-5-15(26-14)18(17)19(24)25-2)21-7-9-22(10-8-21)16-6-3-13(23)11-20-16/h3,6,11,14-15,17-18,23H,1,4-5,7-10H2,2H3. The molecule has 3 fully saturated rings. The van der Waals surface area contributed by atoms with Gasteiger partial charge in [0.1, 0.15) is 11.6 Å². The van der Waals surface area contributed by atoms with Crippen LogP contribution in [0.4, 0.5) is 5.82 Å². The lowest BCUT2D eigenvalue weighted by atomic mass is 9.77. The number of nitrogens with zero attached hydrogens (tertiary/aromatic N) is 3. The van der Waals surface area contributed by atoms with Crippen LogP contribution in [-0.4, -0.2) is 66.5 Å². The average Bonchev–Trinajstić information content (AvgIpc) is 3.29. The summed E-state index contributed by atoms with van der Waals surface area (Å²) < 4.78 is 11.0. The number of hydrogen-bond acceptors (Lipinski definition) is 7. The summed E-state index contributed by atoms with van der Waals surface area (Å²) in [5.41, 5.74) is 0.992. The summed E-state index contributed by atoms with van der Waals surface area (Å²) in [5, 5.41) is 9.38. The van der Waals surface area contributed by atoms with Crippen LogP contribution in [0.2, 0.25) is 0 Å². The zero-order valence-electron chi connectivity index (χ0n) is 15.0. The predicted octanol–water partition coefficient (Wildman–Crippen LogP) is 1.39. The minimum atomic E-state index is -0.233. The largest absolute Gasteiger partial charge is 0.506 e. The van der Waals surface area contributed by atoms with E-state index in [0.29, 0.717) is 0 Å². The lowest BCUT2D eigenvalue weighted by Crippen LogP contribution is -2.49. The number of pyridine rings is 1. The van der Waals surface area contributed by atoms with Gasteiger partial charge in [-0.3, -0.25) is 4.79 Å². The van der Waals surface area contributed by atoms with Crippen LogP contribution in [0.25, 0.3) is 0 Å². The molecule has 0 radical (unpaired) electrons. The van der Waals surface area contributed by atoms with Crippen molar-refractivity contribution in [1.29, 1.82) is 0 Å². The van der Waals surface area contributed by atoms with Crippen LogP contribution >= 0.6 is 0 Å². The number of anilines is 1. The van der Waals surface area contributed by atoms with Crippen molar-refractivity contribution < 1.29 is 19.4 Å². The number of fused-ring (bicyclic) bond motifs is 2. The van der Waals surface area contributed by atoms with Gasteiger partial charge in [0.2, 0.25) is 0 Å². The van der Waals surface area contributed by atoms with Gasteiger partial charge in [0.05, 0.1) is 31.4 Å². The summed E-state index contributed by atoms with van der Waals surface area (Å²) in [6.45, 7) is 7.61. The second-order valence-electron chi connectivity index (χ2n) is 7.21. The first-order chi connectivity index (χ1) is 12.6. The van der Waals surface area contributed by atoms with E-state index >= 15 is 0 Å². The molecule has 3 saturated heterocycles. The second kappa shape index (κ2) is 6.79. The van der Waals surface area contributed by atoms with Gasteiger partial charge in [-0.05, 0) is 25.0 Å². The van der Waals surface area contributed by atoms with Crippen molar-refractivity contribution in [2.24, 2.45) is 11.8 Å². The molecule has 0 spiro atoms. The Morgan fingerprint density at radius 3 is 2.54 bits per heavy atom.